The van der Waals surface area contributed by atoms with Gasteiger partial charge >= 0.3 is 6.03 Å². The number of rotatable bonds is 6. The summed E-state index contributed by atoms with van der Waals surface area (Å²) in [4.78, 5) is 41.4. The second-order valence-electron chi connectivity index (χ2n) is 7.61. The van der Waals surface area contributed by atoms with Crippen LogP contribution in [0.3, 0.4) is 0 Å². The molecule has 0 spiro atoms. The molecule has 0 aliphatic carbocycles. The molecule has 6 heteroatoms. The van der Waals surface area contributed by atoms with Crippen molar-refractivity contribution in [1.29, 1.82) is 0 Å². The van der Waals surface area contributed by atoms with Gasteiger partial charge in [0, 0.05) is 11.7 Å². The summed E-state index contributed by atoms with van der Waals surface area (Å²) in [7, 11) is 0. The molecule has 1 heterocycles. The SMILES string of the molecule is CCc1ccc(NC(=O)CC2C(=O)N(c3cccc(C)c3)C(=O)N2C(C)C)cc1. The highest BCUT2D eigenvalue weighted by Crippen LogP contribution is 2.29. The Morgan fingerprint density at radius 2 is 1.79 bits per heavy atom. The van der Waals surface area contributed by atoms with Gasteiger partial charge in [0.15, 0.2) is 0 Å². The Hall–Kier alpha value is -3.15. The van der Waals surface area contributed by atoms with Crippen LogP contribution in [0.4, 0.5) is 16.2 Å². The van der Waals surface area contributed by atoms with Crippen LogP contribution in [-0.2, 0) is 16.0 Å². The average molecular weight is 393 g/mol. The fraction of sp³-hybridized carbons (Fsp3) is 0.348. The third-order valence-corrected chi connectivity index (χ3v) is 5.09. The number of carbonyl (C=O) groups is 3. The van der Waals surface area contributed by atoms with Crippen molar-refractivity contribution >= 4 is 29.2 Å². The van der Waals surface area contributed by atoms with Gasteiger partial charge in [-0.15, -0.1) is 0 Å². The third-order valence-electron chi connectivity index (χ3n) is 5.09. The minimum atomic E-state index is -0.821. The van der Waals surface area contributed by atoms with Crippen LogP contribution in [0.15, 0.2) is 48.5 Å². The summed E-state index contributed by atoms with van der Waals surface area (Å²) in [6.07, 6.45) is 0.839. The summed E-state index contributed by atoms with van der Waals surface area (Å²) in [6, 6.07) is 13.4. The maximum Gasteiger partial charge on any atom is 0.332 e. The largest absolute Gasteiger partial charge is 0.332 e. The lowest BCUT2D eigenvalue weighted by Gasteiger charge is -2.25. The van der Waals surface area contributed by atoms with Crippen molar-refractivity contribution in [3.05, 3.63) is 59.7 Å². The van der Waals surface area contributed by atoms with Gasteiger partial charge in [0.1, 0.15) is 6.04 Å². The first-order valence-corrected chi connectivity index (χ1v) is 9.93. The number of amides is 4. The number of hydrogen-bond donors (Lipinski definition) is 1. The standard InChI is InChI=1S/C23H27N3O3/c1-5-17-9-11-18(12-10-17)24-21(27)14-20-22(28)26(23(29)25(20)15(2)3)19-8-6-7-16(4)13-19/h6-13,15,20H,5,14H2,1-4H3,(H,24,27). The molecule has 29 heavy (non-hydrogen) atoms. The fourth-order valence-corrected chi connectivity index (χ4v) is 3.59. The van der Waals surface area contributed by atoms with Gasteiger partial charge in [0.2, 0.25) is 5.91 Å². The van der Waals surface area contributed by atoms with Crippen LogP contribution in [-0.4, -0.2) is 34.8 Å². The van der Waals surface area contributed by atoms with Crippen molar-refractivity contribution in [3.63, 3.8) is 0 Å². The molecule has 1 N–H and O–H groups in total. The molecule has 3 rings (SSSR count). The van der Waals surface area contributed by atoms with Crippen LogP contribution >= 0.6 is 0 Å². The quantitative estimate of drug-likeness (QED) is 0.750. The van der Waals surface area contributed by atoms with Crippen LogP contribution in [0.1, 0.15) is 38.3 Å². The number of urea groups is 1. The van der Waals surface area contributed by atoms with Crippen molar-refractivity contribution in [2.75, 3.05) is 10.2 Å². The molecule has 0 bridgehead atoms. The predicted octanol–water partition coefficient (Wildman–Crippen LogP) is 4.13. The Bertz CT molecular complexity index is 921. The molecule has 0 aromatic heterocycles. The molecular weight excluding hydrogens is 366 g/mol. The highest BCUT2D eigenvalue weighted by atomic mass is 16.2. The summed E-state index contributed by atoms with van der Waals surface area (Å²) in [6.45, 7) is 7.67. The maximum absolute atomic E-state index is 13.1. The second kappa shape index (κ2) is 8.47. The van der Waals surface area contributed by atoms with Crippen molar-refractivity contribution in [2.24, 2.45) is 0 Å². The molecule has 6 nitrogen and oxygen atoms in total. The summed E-state index contributed by atoms with van der Waals surface area (Å²) >= 11 is 0. The van der Waals surface area contributed by atoms with E-state index >= 15 is 0 Å². The van der Waals surface area contributed by atoms with Crippen LogP contribution in [0.25, 0.3) is 0 Å². The van der Waals surface area contributed by atoms with Gasteiger partial charge in [-0.1, -0.05) is 31.2 Å². The number of benzene rings is 2. The van der Waals surface area contributed by atoms with E-state index in [0.29, 0.717) is 11.4 Å². The first kappa shape index (κ1) is 20.6. The molecular formula is C23H27N3O3. The van der Waals surface area contributed by atoms with Gasteiger partial charge in [-0.3, -0.25) is 9.59 Å². The van der Waals surface area contributed by atoms with Crippen molar-refractivity contribution in [3.8, 4) is 0 Å². The zero-order chi connectivity index (χ0) is 21.1. The van der Waals surface area contributed by atoms with Crippen molar-refractivity contribution in [2.45, 2.75) is 52.6 Å². The van der Waals surface area contributed by atoms with E-state index in [4.69, 9.17) is 0 Å². The molecule has 1 unspecified atom stereocenters. The molecule has 0 saturated carbocycles. The maximum atomic E-state index is 13.1. The van der Waals surface area contributed by atoms with Crippen LogP contribution in [0.5, 0.6) is 0 Å². The van der Waals surface area contributed by atoms with Crippen LogP contribution in [0, 0.1) is 6.92 Å². The predicted molar refractivity (Wildman–Crippen MR) is 114 cm³/mol. The van der Waals surface area contributed by atoms with E-state index in [1.165, 1.54) is 15.4 Å². The number of nitrogens with one attached hydrogen (secondary N) is 1. The van der Waals surface area contributed by atoms with E-state index in [9.17, 15) is 14.4 Å². The smallest absolute Gasteiger partial charge is 0.326 e. The van der Waals surface area contributed by atoms with Gasteiger partial charge in [0.25, 0.3) is 5.91 Å². The van der Waals surface area contributed by atoms with E-state index in [0.717, 1.165) is 12.0 Å². The van der Waals surface area contributed by atoms with E-state index in [1.54, 1.807) is 12.1 Å². The fourth-order valence-electron chi connectivity index (χ4n) is 3.59. The molecule has 2 aromatic rings. The minimum absolute atomic E-state index is 0.0827. The van der Waals surface area contributed by atoms with Crippen molar-refractivity contribution in [1.82, 2.24) is 4.90 Å². The third kappa shape index (κ3) is 4.31. The number of hydrogen-bond acceptors (Lipinski definition) is 3. The normalized spacial score (nSPS) is 16.7. The zero-order valence-electron chi connectivity index (χ0n) is 17.3. The number of nitrogens with zero attached hydrogens (tertiary/aromatic N) is 2. The first-order valence-electron chi connectivity index (χ1n) is 9.93. The monoisotopic (exact) mass is 393 g/mol. The molecule has 152 valence electrons. The lowest BCUT2D eigenvalue weighted by molar-refractivity contribution is -0.124. The molecule has 1 atom stereocenters. The number of imide groups is 1. The molecule has 0 radical (unpaired) electrons. The summed E-state index contributed by atoms with van der Waals surface area (Å²) in [5, 5.41) is 2.83. The molecule has 1 aliphatic heterocycles. The topological polar surface area (TPSA) is 69.7 Å². The van der Waals surface area contributed by atoms with E-state index in [-0.39, 0.29) is 30.3 Å². The molecule has 1 aliphatic rings. The van der Waals surface area contributed by atoms with Gasteiger partial charge in [-0.2, -0.15) is 0 Å². The highest BCUT2D eigenvalue weighted by molar-refractivity contribution is 6.22. The number of aryl methyl sites for hydroxylation is 2. The Morgan fingerprint density at radius 1 is 1.10 bits per heavy atom. The van der Waals surface area contributed by atoms with E-state index < -0.39 is 6.04 Å². The Kier molecular flexibility index (Phi) is 6.01. The Morgan fingerprint density at radius 3 is 2.38 bits per heavy atom. The summed E-state index contributed by atoms with van der Waals surface area (Å²) in [5.41, 5.74) is 3.34. The number of carbonyl (C=O) groups excluding carboxylic acids is 3. The van der Waals surface area contributed by atoms with Crippen LogP contribution < -0.4 is 10.2 Å². The second-order valence-corrected chi connectivity index (χ2v) is 7.61. The van der Waals surface area contributed by atoms with E-state index in [2.05, 4.69) is 12.2 Å². The average Bonchev–Trinajstić information content (AvgIpc) is 2.92. The molecule has 4 amide bonds. The number of anilines is 2. The van der Waals surface area contributed by atoms with Gasteiger partial charge in [0.05, 0.1) is 12.1 Å². The van der Waals surface area contributed by atoms with Gasteiger partial charge in [-0.05, 0) is 62.6 Å². The Balaban J connectivity index is 1.79. The molecule has 1 saturated heterocycles. The van der Waals surface area contributed by atoms with Crippen molar-refractivity contribution < 1.29 is 14.4 Å². The molecule has 1 fully saturated rings. The Labute approximate surface area is 171 Å². The lowest BCUT2D eigenvalue weighted by Crippen LogP contribution is -2.42. The first-order chi connectivity index (χ1) is 13.8. The van der Waals surface area contributed by atoms with Gasteiger partial charge < -0.3 is 10.2 Å². The summed E-state index contributed by atoms with van der Waals surface area (Å²) < 4.78 is 0. The lowest BCUT2D eigenvalue weighted by atomic mass is 10.1. The highest BCUT2D eigenvalue weighted by Gasteiger charge is 2.47. The zero-order valence-corrected chi connectivity index (χ0v) is 17.3. The van der Waals surface area contributed by atoms with Gasteiger partial charge in [-0.25, -0.2) is 9.69 Å². The molecule has 2 aromatic carbocycles. The summed E-state index contributed by atoms with van der Waals surface area (Å²) in [5.74, 6) is -0.664. The van der Waals surface area contributed by atoms with E-state index in [1.807, 2.05) is 57.2 Å². The minimum Gasteiger partial charge on any atom is -0.326 e. The van der Waals surface area contributed by atoms with Crippen LogP contribution in [0.2, 0.25) is 0 Å².